The summed E-state index contributed by atoms with van der Waals surface area (Å²) in [5, 5.41) is 36.8. The molecule has 0 aromatic carbocycles. The van der Waals surface area contributed by atoms with E-state index in [2.05, 4.69) is 0 Å². The number of rotatable bonds is 3. The Balaban J connectivity index is 2.54. The molecule has 0 amide bonds. The molecular formula is C9H16O6. The summed E-state index contributed by atoms with van der Waals surface area (Å²) < 4.78 is 5.21. The van der Waals surface area contributed by atoms with E-state index in [-0.39, 0.29) is 12.8 Å². The number of hydrogen-bond donors (Lipinski definition) is 4. The second-order valence-corrected chi connectivity index (χ2v) is 3.78. The average Bonchev–Trinajstić information content (AvgIpc) is 2.18. The van der Waals surface area contributed by atoms with Crippen LogP contribution < -0.4 is 0 Å². The van der Waals surface area contributed by atoms with Gasteiger partial charge in [0.1, 0.15) is 18.3 Å². The van der Waals surface area contributed by atoms with Crippen LogP contribution in [0.5, 0.6) is 0 Å². The number of hydrogen-bond acceptors (Lipinski definition) is 5. The Morgan fingerprint density at radius 3 is 2.33 bits per heavy atom. The molecule has 15 heavy (non-hydrogen) atoms. The predicted octanol–water partition coefficient (Wildman–Crippen LogP) is -1.28. The Morgan fingerprint density at radius 2 is 1.80 bits per heavy atom. The molecule has 1 aliphatic rings. The first-order valence-corrected chi connectivity index (χ1v) is 4.85. The first kappa shape index (κ1) is 12.4. The Morgan fingerprint density at radius 1 is 1.20 bits per heavy atom. The van der Waals surface area contributed by atoms with E-state index in [9.17, 15) is 20.1 Å². The number of ether oxygens (including phenoxy) is 1. The summed E-state index contributed by atoms with van der Waals surface area (Å²) in [4.78, 5) is 10.3. The molecule has 1 fully saturated rings. The van der Waals surface area contributed by atoms with Gasteiger partial charge in [0.05, 0.1) is 12.2 Å². The van der Waals surface area contributed by atoms with Crippen LogP contribution in [0.15, 0.2) is 0 Å². The SMILES string of the molecule is CC1OC(CCC(=O)O)C(O)C(O)C1O. The van der Waals surface area contributed by atoms with Gasteiger partial charge in [0, 0.05) is 6.42 Å². The number of carboxylic acid groups (broad SMARTS) is 1. The van der Waals surface area contributed by atoms with E-state index in [0.29, 0.717) is 0 Å². The fourth-order valence-corrected chi connectivity index (χ4v) is 1.64. The molecule has 5 atom stereocenters. The van der Waals surface area contributed by atoms with Crippen LogP contribution in [0.25, 0.3) is 0 Å². The zero-order chi connectivity index (χ0) is 11.6. The normalized spacial score (nSPS) is 41.5. The minimum Gasteiger partial charge on any atom is -0.481 e. The molecule has 0 aromatic heterocycles. The van der Waals surface area contributed by atoms with Crippen LogP contribution in [-0.2, 0) is 9.53 Å². The van der Waals surface area contributed by atoms with Crippen molar-refractivity contribution in [1.29, 1.82) is 0 Å². The number of aliphatic hydroxyl groups is 3. The highest BCUT2D eigenvalue weighted by molar-refractivity contribution is 5.66. The van der Waals surface area contributed by atoms with Crippen molar-refractivity contribution in [3.8, 4) is 0 Å². The number of carbonyl (C=O) groups is 1. The van der Waals surface area contributed by atoms with Crippen molar-refractivity contribution in [3.63, 3.8) is 0 Å². The second kappa shape index (κ2) is 4.89. The van der Waals surface area contributed by atoms with Gasteiger partial charge in [-0.05, 0) is 13.3 Å². The topological polar surface area (TPSA) is 107 Å². The third kappa shape index (κ3) is 2.88. The highest BCUT2D eigenvalue weighted by Crippen LogP contribution is 2.23. The summed E-state index contributed by atoms with van der Waals surface area (Å²) in [6.45, 7) is 1.56. The van der Waals surface area contributed by atoms with Gasteiger partial charge in [0.2, 0.25) is 0 Å². The van der Waals surface area contributed by atoms with Gasteiger partial charge < -0.3 is 25.2 Å². The van der Waals surface area contributed by atoms with Crippen LogP contribution in [-0.4, -0.2) is 56.9 Å². The molecule has 0 bridgehead atoms. The first-order valence-electron chi connectivity index (χ1n) is 4.85. The monoisotopic (exact) mass is 220 g/mol. The molecule has 0 spiro atoms. The fraction of sp³-hybridized carbons (Fsp3) is 0.889. The smallest absolute Gasteiger partial charge is 0.303 e. The maximum Gasteiger partial charge on any atom is 0.303 e. The summed E-state index contributed by atoms with van der Waals surface area (Å²) in [6, 6.07) is 0. The average molecular weight is 220 g/mol. The van der Waals surface area contributed by atoms with E-state index in [4.69, 9.17) is 9.84 Å². The summed E-state index contributed by atoms with van der Waals surface area (Å²) in [7, 11) is 0. The third-order valence-corrected chi connectivity index (χ3v) is 2.59. The van der Waals surface area contributed by atoms with Crippen molar-refractivity contribution in [3.05, 3.63) is 0 Å². The largest absolute Gasteiger partial charge is 0.481 e. The third-order valence-electron chi connectivity index (χ3n) is 2.59. The number of carboxylic acids is 1. The summed E-state index contributed by atoms with van der Waals surface area (Å²) in [5.74, 6) is -0.987. The molecule has 0 saturated carbocycles. The lowest BCUT2D eigenvalue weighted by Gasteiger charge is -2.39. The van der Waals surface area contributed by atoms with Crippen LogP contribution in [0.2, 0.25) is 0 Å². The van der Waals surface area contributed by atoms with E-state index >= 15 is 0 Å². The van der Waals surface area contributed by atoms with Crippen LogP contribution in [0.1, 0.15) is 19.8 Å². The van der Waals surface area contributed by atoms with Gasteiger partial charge in [0.25, 0.3) is 0 Å². The molecule has 1 aliphatic heterocycles. The van der Waals surface area contributed by atoms with E-state index < -0.39 is 36.5 Å². The van der Waals surface area contributed by atoms with Crippen molar-refractivity contribution in [2.24, 2.45) is 0 Å². The standard InChI is InChI=1S/C9H16O6/c1-4-7(12)9(14)8(13)5(15-4)2-3-6(10)11/h4-5,7-9,12-14H,2-3H2,1H3,(H,10,11). The number of aliphatic hydroxyl groups excluding tert-OH is 3. The van der Waals surface area contributed by atoms with E-state index in [1.807, 2.05) is 0 Å². The maximum absolute atomic E-state index is 10.3. The molecule has 6 heteroatoms. The molecule has 6 nitrogen and oxygen atoms in total. The zero-order valence-corrected chi connectivity index (χ0v) is 8.41. The Bertz CT molecular complexity index is 231. The first-order chi connectivity index (χ1) is 6.93. The van der Waals surface area contributed by atoms with Crippen molar-refractivity contribution >= 4 is 5.97 Å². The highest BCUT2D eigenvalue weighted by Gasteiger charge is 2.41. The lowest BCUT2D eigenvalue weighted by molar-refractivity contribution is -0.218. The molecule has 4 N–H and O–H groups in total. The lowest BCUT2D eigenvalue weighted by Crippen LogP contribution is -2.56. The van der Waals surface area contributed by atoms with Crippen molar-refractivity contribution in [2.45, 2.75) is 50.3 Å². The van der Waals surface area contributed by atoms with Gasteiger partial charge in [-0.3, -0.25) is 4.79 Å². The second-order valence-electron chi connectivity index (χ2n) is 3.78. The molecule has 88 valence electrons. The molecule has 0 aromatic rings. The Hall–Kier alpha value is -0.690. The van der Waals surface area contributed by atoms with Gasteiger partial charge in [-0.2, -0.15) is 0 Å². The maximum atomic E-state index is 10.3. The van der Waals surface area contributed by atoms with E-state index in [1.54, 1.807) is 6.92 Å². The van der Waals surface area contributed by atoms with Crippen LogP contribution in [0.3, 0.4) is 0 Å². The van der Waals surface area contributed by atoms with E-state index in [0.717, 1.165) is 0 Å². The Labute approximate surface area is 87.1 Å². The minimum atomic E-state index is -1.28. The molecule has 0 aliphatic carbocycles. The van der Waals surface area contributed by atoms with Crippen molar-refractivity contribution in [2.75, 3.05) is 0 Å². The summed E-state index contributed by atoms with van der Waals surface area (Å²) in [5.41, 5.74) is 0. The predicted molar refractivity (Wildman–Crippen MR) is 49.2 cm³/mol. The van der Waals surface area contributed by atoms with Gasteiger partial charge >= 0.3 is 5.97 Å². The quantitative estimate of drug-likeness (QED) is 0.472. The molecule has 1 rings (SSSR count). The van der Waals surface area contributed by atoms with Gasteiger partial charge in [0.15, 0.2) is 0 Å². The van der Waals surface area contributed by atoms with Crippen molar-refractivity contribution < 1.29 is 30.0 Å². The molecule has 5 unspecified atom stereocenters. The van der Waals surface area contributed by atoms with Gasteiger partial charge in [-0.15, -0.1) is 0 Å². The number of aliphatic carboxylic acids is 1. The fourth-order valence-electron chi connectivity index (χ4n) is 1.64. The molecule has 1 heterocycles. The zero-order valence-electron chi connectivity index (χ0n) is 8.41. The van der Waals surface area contributed by atoms with Gasteiger partial charge in [-0.1, -0.05) is 0 Å². The minimum absolute atomic E-state index is 0.116. The van der Waals surface area contributed by atoms with Crippen molar-refractivity contribution in [1.82, 2.24) is 0 Å². The lowest BCUT2D eigenvalue weighted by atomic mass is 9.93. The summed E-state index contributed by atoms with van der Waals surface area (Å²) >= 11 is 0. The molecule has 0 radical (unpaired) electrons. The van der Waals surface area contributed by atoms with Crippen LogP contribution in [0.4, 0.5) is 0 Å². The molecule has 1 saturated heterocycles. The highest BCUT2D eigenvalue weighted by atomic mass is 16.5. The van der Waals surface area contributed by atoms with E-state index in [1.165, 1.54) is 0 Å². The van der Waals surface area contributed by atoms with Gasteiger partial charge in [-0.25, -0.2) is 0 Å². The summed E-state index contributed by atoms with van der Waals surface area (Å²) in [6.07, 6.45) is -5.04. The van der Waals surface area contributed by atoms with Crippen LogP contribution >= 0.6 is 0 Å². The van der Waals surface area contributed by atoms with Crippen LogP contribution in [0, 0.1) is 0 Å². The molecular weight excluding hydrogens is 204 g/mol. The Kier molecular flexibility index (Phi) is 4.04.